The zero-order valence-electron chi connectivity index (χ0n) is 8.12. The van der Waals surface area contributed by atoms with Crippen LogP contribution in [0, 0.1) is 5.82 Å². The third kappa shape index (κ3) is 3.53. The van der Waals surface area contributed by atoms with Gasteiger partial charge in [0.05, 0.1) is 19.3 Å². The molecule has 0 saturated carbocycles. The van der Waals surface area contributed by atoms with Gasteiger partial charge in [0.15, 0.2) is 0 Å². The van der Waals surface area contributed by atoms with E-state index in [1.165, 1.54) is 6.07 Å². The first-order chi connectivity index (χ1) is 7.19. The van der Waals surface area contributed by atoms with Crippen molar-refractivity contribution in [1.29, 1.82) is 0 Å². The lowest BCUT2D eigenvalue weighted by atomic mass is 10.1. The summed E-state index contributed by atoms with van der Waals surface area (Å²) in [4.78, 5) is 0. The topological polar surface area (TPSA) is 55.5 Å². The predicted octanol–water partition coefficient (Wildman–Crippen LogP) is 1.60. The van der Waals surface area contributed by atoms with Gasteiger partial charge in [-0.25, -0.2) is 4.39 Å². The molecule has 1 unspecified atom stereocenters. The van der Waals surface area contributed by atoms with E-state index in [1.807, 2.05) is 0 Å². The normalized spacial score (nSPS) is 12.8. The third-order valence-electron chi connectivity index (χ3n) is 1.93. The average Bonchev–Trinajstić information content (AvgIpc) is 2.21. The third-order valence-corrected chi connectivity index (χ3v) is 2.43. The fourth-order valence-corrected chi connectivity index (χ4v) is 1.58. The van der Waals surface area contributed by atoms with Gasteiger partial charge < -0.3 is 15.6 Å². The Bertz CT molecular complexity index is 322. The standard InChI is InChI=1S/C10H13BrFNO2/c11-7-1-2-8(9(12)5-7)10(6-13)15-4-3-14/h1-2,5,10,14H,3-4,6,13H2. The van der Waals surface area contributed by atoms with Crippen molar-refractivity contribution < 1.29 is 14.2 Å². The van der Waals surface area contributed by atoms with Crippen LogP contribution in [0.2, 0.25) is 0 Å². The molecule has 0 bridgehead atoms. The van der Waals surface area contributed by atoms with Crippen molar-refractivity contribution in [2.75, 3.05) is 19.8 Å². The summed E-state index contributed by atoms with van der Waals surface area (Å²) in [6.07, 6.45) is -0.509. The van der Waals surface area contributed by atoms with Crippen LogP contribution in [0.1, 0.15) is 11.7 Å². The second-order valence-electron chi connectivity index (χ2n) is 2.98. The first-order valence-corrected chi connectivity index (χ1v) is 5.35. The van der Waals surface area contributed by atoms with Gasteiger partial charge >= 0.3 is 0 Å². The van der Waals surface area contributed by atoms with Gasteiger partial charge in [0.25, 0.3) is 0 Å². The molecule has 1 aromatic rings. The lowest BCUT2D eigenvalue weighted by molar-refractivity contribution is 0.0310. The highest BCUT2D eigenvalue weighted by Crippen LogP contribution is 2.22. The number of hydrogen-bond donors (Lipinski definition) is 2. The van der Waals surface area contributed by atoms with E-state index in [1.54, 1.807) is 12.1 Å². The number of halogens is 2. The Morgan fingerprint density at radius 1 is 1.53 bits per heavy atom. The van der Waals surface area contributed by atoms with E-state index < -0.39 is 6.10 Å². The van der Waals surface area contributed by atoms with Gasteiger partial charge in [0.2, 0.25) is 0 Å². The van der Waals surface area contributed by atoms with Crippen molar-refractivity contribution in [3.05, 3.63) is 34.1 Å². The van der Waals surface area contributed by atoms with Crippen LogP contribution in [0.3, 0.4) is 0 Å². The maximum atomic E-state index is 13.5. The van der Waals surface area contributed by atoms with E-state index in [2.05, 4.69) is 15.9 Å². The number of hydrogen-bond acceptors (Lipinski definition) is 3. The van der Waals surface area contributed by atoms with Crippen LogP contribution in [-0.4, -0.2) is 24.9 Å². The lowest BCUT2D eigenvalue weighted by Crippen LogP contribution is -2.18. The van der Waals surface area contributed by atoms with Gasteiger partial charge in [-0.05, 0) is 12.1 Å². The maximum absolute atomic E-state index is 13.5. The minimum atomic E-state index is -0.509. The molecule has 15 heavy (non-hydrogen) atoms. The smallest absolute Gasteiger partial charge is 0.130 e. The van der Waals surface area contributed by atoms with Gasteiger partial charge in [0, 0.05) is 16.6 Å². The van der Waals surface area contributed by atoms with E-state index >= 15 is 0 Å². The fraction of sp³-hybridized carbons (Fsp3) is 0.400. The molecule has 0 aliphatic heterocycles. The van der Waals surface area contributed by atoms with Crippen molar-refractivity contribution >= 4 is 15.9 Å². The molecule has 3 nitrogen and oxygen atoms in total. The summed E-state index contributed by atoms with van der Waals surface area (Å²) in [6.45, 7) is 0.227. The Balaban J connectivity index is 2.81. The van der Waals surface area contributed by atoms with E-state index in [0.29, 0.717) is 10.0 Å². The van der Waals surface area contributed by atoms with Gasteiger partial charge in [-0.2, -0.15) is 0 Å². The Hall–Kier alpha value is -0.490. The van der Waals surface area contributed by atoms with Crippen LogP contribution in [0.4, 0.5) is 4.39 Å². The molecule has 0 heterocycles. The van der Waals surface area contributed by atoms with E-state index in [-0.39, 0.29) is 25.6 Å². The van der Waals surface area contributed by atoms with Crippen LogP contribution in [0.25, 0.3) is 0 Å². The van der Waals surface area contributed by atoms with Crippen molar-refractivity contribution in [2.24, 2.45) is 5.73 Å². The van der Waals surface area contributed by atoms with E-state index in [9.17, 15) is 4.39 Å². The fourth-order valence-electron chi connectivity index (χ4n) is 1.24. The Morgan fingerprint density at radius 2 is 2.27 bits per heavy atom. The first-order valence-electron chi connectivity index (χ1n) is 4.56. The quantitative estimate of drug-likeness (QED) is 0.860. The molecule has 0 spiro atoms. The van der Waals surface area contributed by atoms with Gasteiger partial charge in [0.1, 0.15) is 5.82 Å². The highest BCUT2D eigenvalue weighted by atomic mass is 79.9. The number of ether oxygens (including phenoxy) is 1. The number of nitrogens with two attached hydrogens (primary N) is 1. The van der Waals surface area contributed by atoms with E-state index in [4.69, 9.17) is 15.6 Å². The summed E-state index contributed by atoms with van der Waals surface area (Å²) in [7, 11) is 0. The SMILES string of the molecule is NCC(OCCO)c1ccc(Br)cc1F. The Morgan fingerprint density at radius 3 is 2.80 bits per heavy atom. The van der Waals surface area contributed by atoms with Gasteiger partial charge in [-0.3, -0.25) is 0 Å². The van der Waals surface area contributed by atoms with Crippen molar-refractivity contribution in [2.45, 2.75) is 6.10 Å². The number of benzene rings is 1. The zero-order valence-corrected chi connectivity index (χ0v) is 9.71. The number of aliphatic hydroxyl groups excluding tert-OH is 1. The zero-order chi connectivity index (χ0) is 11.3. The molecule has 0 radical (unpaired) electrons. The van der Waals surface area contributed by atoms with Crippen molar-refractivity contribution in [1.82, 2.24) is 0 Å². The Kier molecular flexibility index (Phi) is 5.17. The van der Waals surface area contributed by atoms with Crippen LogP contribution < -0.4 is 5.73 Å². The molecule has 0 aliphatic rings. The first kappa shape index (κ1) is 12.6. The molecule has 1 rings (SSSR count). The summed E-state index contributed by atoms with van der Waals surface area (Å²) in [6, 6.07) is 4.71. The molecule has 1 aromatic carbocycles. The summed E-state index contributed by atoms with van der Waals surface area (Å²) in [5.74, 6) is -0.363. The second-order valence-corrected chi connectivity index (χ2v) is 3.90. The largest absolute Gasteiger partial charge is 0.394 e. The summed E-state index contributed by atoms with van der Waals surface area (Å²) >= 11 is 3.17. The molecule has 5 heteroatoms. The Labute approximate surface area is 96.2 Å². The highest BCUT2D eigenvalue weighted by Gasteiger charge is 2.14. The minimum absolute atomic E-state index is 0.103. The van der Waals surface area contributed by atoms with Crippen LogP contribution in [0.15, 0.2) is 22.7 Å². The monoisotopic (exact) mass is 277 g/mol. The van der Waals surface area contributed by atoms with Crippen molar-refractivity contribution in [3.8, 4) is 0 Å². The summed E-state index contributed by atoms with van der Waals surface area (Å²) < 4.78 is 19.4. The summed E-state index contributed by atoms with van der Waals surface area (Å²) in [5.41, 5.74) is 5.88. The molecule has 0 amide bonds. The predicted molar refractivity (Wildman–Crippen MR) is 58.9 cm³/mol. The number of rotatable bonds is 5. The molecule has 3 N–H and O–H groups in total. The molecular formula is C10H13BrFNO2. The number of aliphatic hydroxyl groups is 1. The maximum Gasteiger partial charge on any atom is 0.130 e. The molecule has 0 aliphatic carbocycles. The van der Waals surface area contributed by atoms with Gasteiger partial charge in [-0.15, -0.1) is 0 Å². The average molecular weight is 278 g/mol. The van der Waals surface area contributed by atoms with Crippen LogP contribution in [0.5, 0.6) is 0 Å². The minimum Gasteiger partial charge on any atom is -0.394 e. The molecular weight excluding hydrogens is 265 g/mol. The van der Waals surface area contributed by atoms with Crippen molar-refractivity contribution in [3.63, 3.8) is 0 Å². The highest BCUT2D eigenvalue weighted by molar-refractivity contribution is 9.10. The van der Waals surface area contributed by atoms with Crippen LogP contribution in [-0.2, 0) is 4.74 Å². The second kappa shape index (κ2) is 6.17. The van der Waals surface area contributed by atoms with Crippen LogP contribution >= 0.6 is 15.9 Å². The molecule has 84 valence electrons. The molecule has 0 saturated heterocycles. The van der Waals surface area contributed by atoms with Gasteiger partial charge in [-0.1, -0.05) is 22.0 Å². The molecule has 1 atom stereocenters. The lowest BCUT2D eigenvalue weighted by Gasteiger charge is -2.16. The summed E-state index contributed by atoms with van der Waals surface area (Å²) in [5, 5.41) is 8.60. The molecule has 0 fully saturated rings. The molecule has 0 aromatic heterocycles. The van der Waals surface area contributed by atoms with E-state index in [0.717, 1.165) is 0 Å².